The van der Waals surface area contributed by atoms with E-state index in [1.54, 1.807) is 23.5 Å². The van der Waals surface area contributed by atoms with Crippen molar-refractivity contribution >= 4 is 23.2 Å². The standard InChI is InChI=1S/C29H31N3O4S/c1-18-8-10-19(11-9-18)26-24(31-28(37-26)20-12-13-20)29(34)32-14-3-2-5-21(32)17-30-27(33)22-6-4-7-23-25(22)36-16-15-35-23/h4,6-11,20-21H,2-3,5,12-17H2,1H3,(H,30,33)/t21-/m0/s1. The number of likely N-dealkylation sites (tertiary alicyclic amines) is 1. The zero-order valence-electron chi connectivity index (χ0n) is 21.0. The number of rotatable bonds is 6. The van der Waals surface area contributed by atoms with E-state index in [4.69, 9.17) is 14.5 Å². The fourth-order valence-corrected chi connectivity index (χ4v) is 6.29. The fraction of sp³-hybridized carbons (Fsp3) is 0.414. The van der Waals surface area contributed by atoms with Crippen molar-refractivity contribution in [2.75, 3.05) is 26.3 Å². The molecule has 8 heteroatoms. The van der Waals surface area contributed by atoms with Gasteiger partial charge in [-0.1, -0.05) is 35.9 Å². The topological polar surface area (TPSA) is 80.8 Å². The zero-order valence-corrected chi connectivity index (χ0v) is 21.8. The van der Waals surface area contributed by atoms with Gasteiger partial charge in [0.15, 0.2) is 11.5 Å². The molecule has 3 aromatic rings. The molecule has 3 heterocycles. The lowest BCUT2D eigenvalue weighted by atomic mass is 10.0. The molecule has 0 radical (unpaired) electrons. The number of aromatic nitrogens is 1. The Kier molecular flexibility index (Phi) is 6.59. The van der Waals surface area contributed by atoms with Crippen LogP contribution in [-0.4, -0.2) is 54.0 Å². The molecule has 2 amide bonds. The molecule has 3 aliphatic rings. The van der Waals surface area contributed by atoms with E-state index in [1.165, 1.54) is 5.56 Å². The normalized spacial score (nSPS) is 18.9. The number of piperidine rings is 1. The van der Waals surface area contributed by atoms with E-state index >= 15 is 0 Å². The Bertz CT molecular complexity index is 1320. The maximum absolute atomic E-state index is 14.0. The van der Waals surface area contributed by atoms with Crippen LogP contribution in [0.15, 0.2) is 42.5 Å². The van der Waals surface area contributed by atoms with Crippen LogP contribution in [0.1, 0.15) is 69.4 Å². The number of carbonyl (C=O) groups is 2. The van der Waals surface area contributed by atoms with Gasteiger partial charge in [0.05, 0.1) is 15.4 Å². The summed E-state index contributed by atoms with van der Waals surface area (Å²) in [5.74, 6) is 1.31. The monoisotopic (exact) mass is 517 g/mol. The molecule has 1 aromatic heterocycles. The lowest BCUT2D eigenvalue weighted by Gasteiger charge is -2.35. The van der Waals surface area contributed by atoms with E-state index in [-0.39, 0.29) is 17.9 Å². The summed E-state index contributed by atoms with van der Waals surface area (Å²) in [5.41, 5.74) is 3.24. The van der Waals surface area contributed by atoms with Crippen LogP contribution in [0.25, 0.3) is 10.4 Å². The van der Waals surface area contributed by atoms with Gasteiger partial charge in [-0.2, -0.15) is 0 Å². The maximum Gasteiger partial charge on any atom is 0.274 e. The van der Waals surface area contributed by atoms with Gasteiger partial charge < -0.3 is 19.7 Å². The molecule has 7 nitrogen and oxygen atoms in total. The average Bonchev–Trinajstić information content (AvgIpc) is 3.70. The van der Waals surface area contributed by atoms with Gasteiger partial charge in [-0.25, -0.2) is 4.98 Å². The summed E-state index contributed by atoms with van der Waals surface area (Å²) in [4.78, 5) is 34.8. The Hall–Kier alpha value is -3.39. The molecule has 0 unspecified atom stereocenters. The van der Waals surface area contributed by atoms with Crippen molar-refractivity contribution in [3.8, 4) is 21.9 Å². The van der Waals surface area contributed by atoms with E-state index < -0.39 is 0 Å². The number of ether oxygens (including phenoxy) is 2. The Balaban J connectivity index is 1.22. The third-order valence-electron chi connectivity index (χ3n) is 7.28. The first-order valence-electron chi connectivity index (χ1n) is 13.1. The van der Waals surface area contributed by atoms with Crippen LogP contribution in [0.4, 0.5) is 0 Å². The lowest BCUT2D eigenvalue weighted by Crippen LogP contribution is -2.49. The first-order chi connectivity index (χ1) is 18.1. The summed E-state index contributed by atoms with van der Waals surface area (Å²) in [5, 5.41) is 4.12. The number of carbonyl (C=O) groups excluding carboxylic acids is 2. The second kappa shape index (κ2) is 10.2. The maximum atomic E-state index is 14.0. The highest BCUT2D eigenvalue weighted by atomic mass is 32.1. The molecule has 2 aromatic carbocycles. The lowest BCUT2D eigenvalue weighted by molar-refractivity contribution is 0.0597. The molecule has 1 N–H and O–H groups in total. The van der Waals surface area contributed by atoms with Gasteiger partial charge >= 0.3 is 0 Å². The number of aryl methyl sites for hydroxylation is 1. The Morgan fingerprint density at radius 2 is 1.86 bits per heavy atom. The molecule has 0 bridgehead atoms. The molecule has 1 saturated carbocycles. The summed E-state index contributed by atoms with van der Waals surface area (Å²) in [6.07, 6.45) is 5.11. The number of benzene rings is 2. The van der Waals surface area contributed by atoms with Crippen molar-refractivity contribution in [2.24, 2.45) is 0 Å². The minimum atomic E-state index is -0.217. The second-order valence-corrected chi connectivity index (χ2v) is 11.1. The average molecular weight is 518 g/mol. The van der Waals surface area contributed by atoms with Gasteiger partial charge in [-0.3, -0.25) is 9.59 Å². The number of hydrogen-bond acceptors (Lipinski definition) is 6. The predicted octanol–water partition coefficient (Wildman–Crippen LogP) is 5.19. The molecule has 2 fully saturated rings. The molecular weight excluding hydrogens is 486 g/mol. The van der Waals surface area contributed by atoms with Gasteiger partial charge in [-0.15, -0.1) is 11.3 Å². The van der Waals surface area contributed by atoms with Crippen LogP contribution in [0.3, 0.4) is 0 Å². The third-order valence-corrected chi connectivity index (χ3v) is 8.55. The summed E-state index contributed by atoms with van der Waals surface area (Å²) in [7, 11) is 0. The van der Waals surface area contributed by atoms with Crippen LogP contribution >= 0.6 is 11.3 Å². The van der Waals surface area contributed by atoms with Gasteiger partial charge in [0, 0.05) is 25.0 Å². The summed E-state index contributed by atoms with van der Waals surface area (Å²) >= 11 is 1.66. The van der Waals surface area contributed by atoms with Crippen molar-refractivity contribution in [3.63, 3.8) is 0 Å². The largest absolute Gasteiger partial charge is 0.486 e. The molecular formula is C29H31N3O4S. The van der Waals surface area contributed by atoms with Crippen molar-refractivity contribution in [1.82, 2.24) is 15.2 Å². The summed E-state index contributed by atoms with van der Waals surface area (Å²) < 4.78 is 11.3. The van der Waals surface area contributed by atoms with Gasteiger partial charge in [0.25, 0.3) is 11.8 Å². The minimum Gasteiger partial charge on any atom is -0.486 e. The number of nitrogens with zero attached hydrogens (tertiary/aromatic N) is 2. The summed E-state index contributed by atoms with van der Waals surface area (Å²) in [6, 6.07) is 13.6. The molecule has 1 aliphatic carbocycles. The van der Waals surface area contributed by atoms with Crippen LogP contribution in [0, 0.1) is 6.92 Å². The Morgan fingerprint density at radius 1 is 1.05 bits per heavy atom. The number of thiazole rings is 1. The molecule has 0 spiro atoms. The quantitative estimate of drug-likeness (QED) is 0.487. The van der Waals surface area contributed by atoms with E-state index in [0.29, 0.717) is 55.0 Å². The molecule has 2 aliphatic heterocycles. The molecule has 37 heavy (non-hydrogen) atoms. The van der Waals surface area contributed by atoms with E-state index in [2.05, 4.69) is 36.5 Å². The van der Waals surface area contributed by atoms with Gasteiger partial charge in [-0.05, 0) is 56.7 Å². The van der Waals surface area contributed by atoms with Crippen molar-refractivity contribution in [2.45, 2.75) is 51.0 Å². The zero-order chi connectivity index (χ0) is 25.4. The van der Waals surface area contributed by atoms with Crippen molar-refractivity contribution < 1.29 is 19.1 Å². The van der Waals surface area contributed by atoms with Crippen molar-refractivity contribution in [1.29, 1.82) is 0 Å². The predicted molar refractivity (Wildman–Crippen MR) is 143 cm³/mol. The van der Waals surface area contributed by atoms with E-state index in [1.807, 2.05) is 11.0 Å². The van der Waals surface area contributed by atoms with Crippen LogP contribution in [0.2, 0.25) is 0 Å². The van der Waals surface area contributed by atoms with Gasteiger partial charge in [0.1, 0.15) is 18.9 Å². The Morgan fingerprint density at radius 3 is 2.68 bits per heavy atom. The van der Waals surface area contributed by atoms with E-state index in [0.717, 1.165) is 47.6 Å². The number of amides is 2. The van der Waals surface area contributed by atoms with Crippen LogP contribution < -0.4 is 14.8 Å². The number of hydrogen-bond donors (Lipinski definition) is 1. The van der Waals surface area contributed by atoms with Crippen LogP contribution in [0.5, 0.6) is 11.5 Å². The number of nitrogens with one attached hydrogen (secondary N) is 1. The smallest absolute Gasteiger partial charge is 0.274 e. The van der Waals surface area contributed by atoms with Crippen LogP contribution in [-0.2, 0) is 0 Å². The highest BCUT2D eigenvalue weighted by molar-refractivity contribution is 7.15. The first kappa shape index (κ1) is 24.0. The Labute approximate surface area is 220 Å². The molecule has 1 saturated heterocycles. The SMILES string of the molecule is Cc1ccc(-c2sc(C3CC3)nc2C(=O)N2CCCC[C@H]2CNC(=O)c2cccc3c2OCCO3)cc1. The van der Waals surface area contributed by atoms with Crippen molar-refractivity contribution in [3.05, 3.63) is 64.3 Å². The number of fused-ring (bicyclic) bond motifs is 1. The third kappa shape index (κ3) is 4.94. The molecule has 6 rings (SSSR count). The number of para-hydroxylation sites is 1. The highest BCUT2D eigenvalue weighted by Crippen LogP contribution is 2.45. The molecule has 1 atom stereocenters. The fourth-order valence-electron chi connectivity index (χ4n) is 5.06. The summed E-state index contributed by atoms with van der Waals surface area (Å²) in [6.45, 7) is 4.01. The highest BCUT2D eigenvalue weighted by Gasteiger charge is 2.34. The second-order valence-electron chi connectivity index (χ2n) is 10.1. The molecule has 192 valence electrons. The van der Waals surface area contributed by atoms with Gasteiger partial charge in [0.2, 0.25) is 0 Å². The minimum absolute atomic E-state index is 0.0357. The first-order valence-corrected chi connectivity index (χ1v) is 14.0. The van der Waals surface area contributed by atoms with E-state index in [9.17, 15) is 9.59 Å².